The Labute approximate surface area is 196 Å². The molecule has 1 heterocycles. The van der Waals surface area contributed by atoms with Crippen molar-refractivity contribution in [2.24, 2.45) is 0 Å². The summed E-state index contributed by atoms with van der Waals surface area (Å²) in [7, 11) is -1.16. The third-order valence-corrected chi connectivity index (χ3v) is 6.89. The topological polar surface area (TPSA) is 77.5 Å². The van der Waals surface area contributed by atoms with Crippen molar-refractivity contribution in [2.75, 3.05) is 18.9 Å². The summed E-state index contributed by atoms with van der Waals surface area (Å²) in [5, 5.41) is 0.908. The molecule has 176 valence electrons. The van der Waals surface area contributed by atoms with Crippen LogP contribution < -0.4 is 14.2 Å². The van der Waals surface area contributed by atoms with Gasteiger partial charge < -0.3 is 9.47 Å². The number of aryl methyl sites for hydroxylation is 1. The lowest BCUT2D eigenvalue weighted by molar-refractivity contribution is 0.356. The van der Waals surface area contributed by atoms with E-state index in [9.17, 15) is 17.2 Å². The maximum Gasteiger partial charge on any atom is 0.264 e. The number of methoxy groups -OCH3 is 2. The lowest BCUT2D eigenvalue weighted by atomic mass is 9.97. The zero-order valence-corrected chi connectivity index (χ0v) is 19.5. The molecule has 3 aromatic carbocycles. The number of hydrogen-bond acceptors (Lipinski definition) is 5. The van der Waals surface area contributed by atoms with Gasteiger partial charge in [-0.1, -0.05) is 6.07 Å². The molecule has 0 aliphatic rings. The van der Waals surface area contributed by atoms with E-state index in [1.54, 1.807) is 38.6 Å². The van der Waals surface area contributed by atoms with E-state index in [2.05, 4.69) is 9.71 Å². The number of nitrogens with one attached hydrogen (secondary N) is 1. The van der Waals surface area contributed by atoms with Crippen LogP contribution >= 0.6 is 0 Å². The van der Waals surface area contributed by atoms with E-state index in [1.165, 1.54) is 0 Å². The van der Waals surface area contributed by atoms with E-state index >= 15 is 0 Å². The highest BCUT2D eigenvalue weighted by atomic mass is 32.2. The normalized spacial score (nSPS) is 11.4. The number of nitrogens with zero attached hydrogens (tertiary/aromatic N) is 1. The first-order valence-corrected chi connectivity index (χ1v) is 11.8. The number of pyridine rings is 1. The Hall–Kier alpha value is -3.72. The highest BCUT2D eigenvalue weighted by Gasteiger charge is 2.20. The Balaban J connectivity index is 1.63. The summed E-state index contributed by atoms with van der Waals surface area (Å²) in [4.78, 5) is 3.67. The molecule has 34 heavy (non-hydrogen) atoms. The molecule has 0 saturated carbocycles. The molecule has 0 fully saturated rings. The summed E-state index contributed by atoms with van der Waals surface area (Å²) >= 11 is 0. The van der Waals surface area contributed by atoms with Crippen molar-refractivity contribution in [3.63, 3.8) is 0 Å². The Morgan fingerprint density at radius 2 is 1.65 bits per heavy atom. The maximum absolute atomic E-state index is 14.0. The summed E-state index contributed by atoms with van der Waals surface area (Å²) in [6, 6.07) is 12.9. The van der Waals surface area contributed by atoms with E-state index in [0.29, 0.717) is 24.0 Å². The van der Waals surface area contributed by atoms with Gasteiger partial charge >= 0.3 is 0 Å². The van der Waals surface area contributed by atoms with Crippen molar-refractivity contribution in [3.8, 4) is 11.5 Å². The number of ether oxygens (including phenoxy) is 2. The van der Waals surface area contributed by atoms with Crippen molar-refractivity contribution in [2.45, 2.75) is 18.2 Å². The van der Waals surface area contributed by atoms with Gasteiger partial charge in [-0.15, -0.1) is 0 Å². The van der Waals surface area contributed by atoms with Gasteiger partial charge in [0.05, 0.1) is 19.7 Å². The number of anilines is 1. The number of rotatable bonds is 7. The molecule has 0 spiro atoms. The zero-order chi connectivity index (χ0) is 24.5. The molecule has 0 bridgehead atoms. The summed E-state index contributed by atoms with van der Waals surface area (Å²) in [5.74, 6) is -0.691. The number of benzene rings is 3. The second-order valence-corrected chi connectivity index (χ2v) is 9.34. The molecule has 1 N–H and O–H groups in total. The summed E-state index contributed by atoms with van der Waals surface area (Å²) in [5.41, 5.74) is 3.79. The van der Waals surface area contributed by atoms with Crippen LogP contribution in [0.1, 0.15) is 16.7 Å². The minimum atomic E-state index is -4.30. The van der Waals surface area contributed by atoms with Crippen LogP contribution in [-0.4, -0.2) is 27.6 Å². The van der Waals surface area contributed by atoms with Crippen molar-refractivity contribution in [1.29, 1.82) is 0 Å². The number of halogens is 2. The van der Waals surface area contributed by atoms with Gasteiger partial charge in [-0.05, 0) is 72.5 Å². The minimum absolute atomic E-state index is 0.246. The molecule has 0 radical (unpaired) electrons. The zero-order valence-electron chi connectivity index (χ0n) is 18.7. The first-order valence-electron chi connectivity index (χ1n) is 10.3. The van der Waals surface area contributed by atoms with Crippen LogP contribution in [-0.2, 0) is 16.4 Å². The van der Waals surface area contributed by atoms with Crippen molar-refractivity contribution < 1.29 is 26.7 Å². The molecule has 4 rings (SSSR count). The summed E-state index contributed by atoms with van der Waals surface area (Å²) in [6.07, 6.45) is 2.28. The van der Waals surface area contributed by atoms with Gasteiger partial charge in [0.2, 0.25) is 0 Å². The van der Waals surface area contributed by atoms with E-state index in [4.69, 9.17) is 9.47 Å². The lowest BCUT2D eigenvalue weighted by Gasteiger charge is -2.14. The molecule has 0 amide bonds. The van der Waals surface area contributed by atoms with Crippen molar-refractivity contribution >= 4 is 26.6 Å². The molecular weight excluding hydrogens is 462 g/mol. The van der Waals surface area contributed by atoms with Crippen molar-refractivity contribution in [3.05, 3.63) is 89.1 Å². The highest BCUT2D eigenvalue weighted by Crippen LogP contribution is 2.33. The predicted octanol–water partition coefficient (Wildman–Crippen LogP) is 5.23. The lowest BCUT2D eigenvalue weighted by Crippen LogP contribution is -2.15. The van der Waals surface area contributed by atoms with Crippen LogP contribution in [0.5, 0.6) is 11.5 Å². The molecule has 0 aliphatic carbocycles. The van der Waals surface area contributed by atoms with Crippen LogP contribution in [0.3, 0.4) is 0 Å². The Kier molecular flexibility index (Phi) is 6.39. The molecule has 0 unspecified atom stereocenters. The van der Waals surface area contributed by atoms with Crippen LogP contribution in [0.4, 0.5) is 14.5 Å². The monoisotopic (exact) mass is 484 g/mol. The Morgan fingerprint density at radius 3 is 2.35 bits per heavy atom. The molecule has 4 aromatic rings. The van der Waals surface area contributed by atoms with Gasteiger partial charge in [0.15, 0.2) is 11.5 Å². The van der Waals surface area contributed by atoms with E-state index in [1.807, 2.05) is 25.1 Å². The fourth-order valence-electron chi connectivity index (χ4n) is 3.74. The standard InChI is InChI=1S/C25H22F2N2O4S/c1-15-10-19(29-34(30,31)25-12-18(26)5-7-21(25)27)6-4-16(15)11-17-8-9-28-22-14-24(33-3)23(32-2)13-20(17)22/h4-10,12-14,29H,11H2,1-3H3. The smallest absolute Gasteiger partial charge is 0.264 e. The number of fused-ring (bicyclic) bond motifs is 1. The first kappa shape index (κ1) is 23.4. The molecule has 0 aliphatic heterocycles. The summed E-state index contributed by atoms with van der Waals surface area (Å²) < 4.78 is 65.7. The van der Waals surface area contributed by atoms with Crippen LogP contribution in [0.25, 0.3) is 10.9 Å². The average molecular weight is 485 g/mol. The van der Waals surface area contributed by atoms with Gasteiger partial charge in [-0.3, -0.25) is 9.71 Å². The third kappa shape index (κ3) is 4.65. The number of hydrogen-bond donors (Lipinski definition) is 1. The fraction of sp³-hybridized carbons (Fsp3) is 0.160. The third-order valence-electron chi connectivity index (χ3n) is 5.50. The number of aromatic nitrogens is 1. The number of sulfonamides is 1. The van der Waals surface area contributed by atoms with E-state index in [0.717, 1.165) is 39.7 Å². The maximum atomic E-state index is 14.0. The quantitative estimate of drug-likeness (QED) is 0.389. The summed E-state index contributed by atoms with van der Waals surface area (Å²) in [6.45, 7) is 1.85. The van der Waals surface area contributed by atoms with Gasteiger partial charge in [0, 0.05) is 23.3 Å². The molecule has 1 aromatic heterocycles. The SMILES string of the molecule is COc1cc2nccc(Cc3ccc(NS(=O)(=O)c4cc(F)ccc4F)cc3C)c2cc1OC. The van der Waals surface area contributed by atoms with Crippen LogP contribution in [0.2, 0.25) is 0 Å². The Morgan fingerprint density at radius 1 is 0.912 bits per heavy atom. The molecule has 9 heteroatoms. The molecule has 6 nitrogen and oxygen atoms in total. The molecule has 0 saturated heterocycles. The van der Waals surface area contributed by atoms with Gasteiger partial charge in [0.25, 0.3) is 10.0 Å². The van der Waals surface area contributed by atoms with E-state index < -0.39 is 26.6 Å². The van der Waals surface area contributed by atoms with Crippen LogP contribution in [0.15, 0.2) is 65.7 Å². The van der Waals surface area contributed by atoms with Crippen molar-refractivity contribution in [1.82, 2.24) is 4.98 Å². The first-order chi connectivity index (χ1) is 16.2. The Bertz CT molecular complexity index is 1490. The van der Waals surface area contributed by atoms with Gasteiger partial charge in [-0.25, -0.2) is 17.2 Å². The average Bonchev–Trinajstić information content (AvgIpc) is 2.81. The minimum Gasteiger partial charge on any atom is -0.493 e. The van der Waals surface area contributed by atoms with Gasteiger partial charge in [-0.2, -0.15) is 0 Å². The van der Waals surface area contributed by atoms with Crippen LogP contribution in [0, 0.1) is 18.6 Å². The highest BCUT2D eigenvalue weighted by molar-refractivity contribution is 7.92. The van der Waals surface area contributed by atoms with Gasteiger partial charge in [0.1, 0.15) is 16.5 Å². The fourth-order valence-corrected chi connectivity index (χ4v) is 4.88. The second-order valence-electron chi connectivity index (χ2n) is 7.69. The second kappa shape index (κ2) is 9.26. The predicted molar refractivity (Wildman–Crippen MR) is 126 cm³/mol. The largest absolute Gasteiger partial charge is 0.493 e. The molecular formula is C25H22F2N2O4S. The van der Waals surface area contributed by atoms with E-state index in [-0.39, 0.29) is 5.69 Å². The molecule has 0 atom stereocenters.